The molecule has 2 heterocycles. The fourth-order valence-electron chi connectivity index (χ4n) is 1.26. The lowest BCUT2D eigenvalue weighted by Crippen LogP contribution is -2.24. The number of hydrogen-bond acceptors (Lipinski definition) is 7. The van der Waals surface area contributed by atoms with Crippen molar-refractivity contribution in [1.29, 1.82) is 0 Å². The third-order valence-electron chi connectivity index (χ3n) is 2.04. The molecule has 0 aromatic carbocycles. The van der Waals surface area contributed by atoms with Crippen molar-refractivity contribution in [2.75, 3.05) is 11.9 Å². The minimum atomic E-state index is -0.341. The van der Waals surface area contributed by atoms with Crippen LogP contribution in [0, 0.1) is 0 Å². The summed E-state index contributed by atoms with van der Waals surface area (Å²) in [7, 11) is 0. The molecule has 0 saturated carbocycles. The second-order valence-electron chi connectivity index (χ2n) is 3.35. The van der Waals surface area contributed by atoms with Gasteiger partial charge in [0.15, 0.2) is 5.82 Å². The number of anilines is 1. The molecule has 0 spiro atoms. The third-order valence-corrected chi connectivity index (χ3v) is 2.04. The van der Waals surface area contributed by atoms with Gasteiger partial charge in [0.05, 0.1) is 18.9 Å². The van der Waals surface area contributed by atoms with Crippen molar-refractivity contribution < 1.29 is 9.32 Å². The Morgan fingerprint density at radius 2 is 2.33 bits per heavy atom. The summed E-state index contributed by atoms with van der Waals surface area (Å²) in [4.78, 5) is 23.6. The maximum atomic E-state index is 11.8. The van der Waals surface area contributed by atoms with E-state index in [1.165, 1.54) is 12.6 Å². The molecule has 0 aliphatic rings. The van der Waals surface area contributed by atoms with Gasteiger partial charge in [-0.2, -0.15) is 4.98 Å². The highest BCUT2D eigenvalue weighted by Crippen LogP contribution is 2.01. The largest absolute Gasteiger partial charge is 0.369 e. The number of nitrogens with one attached hydrogen (secondary N) is 2. The first-order chi connectivity index (χ1) is 8.79. The fraction of sp³-hybridized carbons (Fsp3) is 0.300. The Morgan fingerprint density at radius 3 is 3.06 bits per heavy atom. The molecule has 0 bridgehead atoms. The summed E-state index contributed by atoms with van der Waals surface area (Å²) >= 11 is 0. The van der Waals surface area contributed by atoms with Crippen LogP contribution in [0.3, 0.4) is 0 Å². The molecule has 0 saturated heterocycles. The van der Waals surface area contributed by atoms with E-state index in [0.717, 1.165) is 0 Å². The summed E-state index contributed by atoms with van der Waals surface area (Å²) in [5, 5.41) is 9.18. The topological polar surface area (TPSA) is 106 Å². The van der Waals surface area contributed by atoms with Crippen molar-refractivity contribution in [3.8, 4) is 0 Å². The quantitative estimate of drug-likeness (QED) is 0.779. The van der Waals surface area contributed by atoms with Gasteiger partial charge in [0.1, 0.15) is 11.5 Å². The second kappa shape index (κ2) is 5.71. The average molecular weight is 248 g/mol. The maximum absolute atomic E-state index is 11.8. The first-order valence-corrected chi connectivity index (χ1v) is 5.39. The number of aromatic nitrogens is 4. The molecule has 0 aliphatic heterocycles. The van der Waals surface area contributed by atoms with Crippen molar-refractivity contribution in [2.24, 2.45) is 0 Å². The zero-order valence-electron chi connectivity index (χ0n) is 9.75. The van der Waals surface area contributed by atoms with E-state index in [9.17, 15) is 4.79 Å². The van der Waals surface area contributed by atoms with Gasteiger partial charge in [-0.25, -0.2) is 4.98 Å². The van der Waals surface area contributed by atoms with Crippen molar-refractivity contribution >= 4 is 11.7 Å². The number of amides is 1. The highest BCUT2D eigenvalue weighted by Gasteiger charge is 2.09. The number of hydrogen-bond donors (Lipinski definition) is 2. The SMILES string of the molecule is CCNc1cncc(C(=O)NCc2ncon2)n1. The molecule has 18 heavy (non-hydrogen) atoms. The first kappa shape index (κ1) is 12.0. The van der Waals surface area contributed by atoms with Crippen molar-refractivity contribution in [2.45, 2.75) is 13.5 Å². The van der Waals surface area contributed by atoms with Crippen LogP contribution in [0.25, 0.3) is 0 Å². The average Bonchev–Trinajstić information content (AvgIpc) is 2.90. The van der Waals surface area contributed by atoms with Crippen molar-refractivity contribution in [3.05, 3.63) is 30.3 Å². The summed E-state index contributed by atoms with van der Waals surface area (Å²) in [6.45, 7) is 2.83. The normalized spacial score (nSPS) is 10.1. The molecule has 0 aliphatic carbocycles. The Morgan fingerprint density at radius 1 is 1.44 bits per heavy atom. The molecular formula is C10H12N6O2. The second-order valence-corrected chi connectivity index (χ2v) is 3.35. The Bertz CT molecular complexity index is 513. The predicted molar refractivity (Wildman–Crippen MR) is 61.7 cm³/mol. The molecule has 2 aromatic rings. The van der Waals surface area contributed by atoms with Crippen LogP contribution in [0.15, 0.2) is 23.3 Å². The molecule has 1 amide bonds. The van der Waals surface area contributed by atoms with Gasteiger partial charge in [0.2, 0.25) is 6.39 Å². The molecule has 2 rings (SSSR count). The fourth-order valence-corrected chi connectivity index (χ4v) is 1.26. The van der Waals surface area contributed by atoms with Crippen LogP contribution in [-0.2, 0) is 6.54 Å². The molecule has 0 radical (unpaired) electrons. The number of nitrogens with zero attached hydrogens (tertiary/aromatic N) is 4. The summed E-state index contributed by atoms with van der Waals surface area (Å²) in [6.07, 6.45) is 4.15. The van der Waals surface area contributed by atoms with Crippen molar-refractivity contribution in [1.82, 2.24) is 25.4 Å². The number of rotatable bonds is 5. The van der Waals surface area contributed by atoms with Crippen LogP contribution in [0.1, 0.15) is 23.2 Å². The first-order valence-electron chi connectivity index (χ1n) is 5.39. The molecule has 0 fully saturated rings. The van der Waals surface area contributed by atoms with Crippen LogP contribution in [0.4, 0.5) is 5.82 Å². The summed E-state index contributed by atoms with van der Waals surface area (Å²) in [6, 6.07) is 0. The lowest BCUT2D eigenvalue weighted by atomic mass is 10.4. The Balaban J connectivity index is 1.97. The molecule has 8 heteroatoms. The highest BCUT2D eigenvalue weighted by molar-refractivity contribution is 5.92. The van der Waals surface area contributed by atoms with Gasteiger partial charge in [0, 0.05) is 6.54 Å². The summed E-state index contributed by atoms with van der Waals surface area (Å²) in [5.74, 6) is 0.621. The van der Waals surface area contributed by atoms with Crippen LogP contribution in [0.5, 0.6) is 0 Å². The Kier molecular flexibility index (Phi) is 3.79. The highest BCUT2D eigenvalue weighted by atomic mass is 16.5. The van der Waals surface area contributed by atoms with E-state index in [1.54, 1.807) is 6.20 Å². The van der Waals surface area contributed by atoms with E-state index < -0.39 is 0 Å². The molecule has 0 atom stereocenters. The van der Waals surface area contributed by atoms with Gasteiger partial charge in [-0.3, -0.25) is 9.78 Å². The lowest BCUT2D eigenvalue weighted by molar-refractivity contribution is 0.0944. The summed E-state index contributed by atoms with van der Waals surface area (Å²) < 4.78 is 4.55. The minimum absolute atomic E-state index is 0.183. The molecule has 2 aromatic heterocycles. The molecule has 0 unspecified atom stereocenters. The van der Waals surface area contributed by atoms with E-state index in [2.05, 4.69) is 35.3 Å². The van der Waals surface area contributed by atoms with Crippen LogP contribution < -0.4 is 10.6 Å². The van der Waals surface area contributed by atoms with Gasteiger partial charge in [-0.1, -0.05) is 5.16 Å². The van der Waals surface area contributed by atoms with Gasteiger partial charge in [-0.15, -0.1) is 0 Å². The van der Waals surface area contributed by atoms with Crippen LogP contribution >= 0.6 is 0 Å². The zero-order valence-corrected chi connectivity index (χ0v) is 9.75. The minimum Gasteiger partial charge on any atom is -0.369 e. The van der Waals surface area contributed by atoms with Crippen LogP contribution in [0.2, 0.25) is 0 Å². The lowest BCUT2D eigenvalue weighted by Gasteiger charge is -2.04. The van der Waals surface area contributed by atoms with E-state index in [1.807, 2.05) is 6.92 Å². The Labute approximate surface area is 103 Å². The van der Waals surface area contributed by atoms with Crippen LogP contribution in [-0.4, -0.2) is 32.6 Å². The van der Waals surface area contributed by atoms with Gasteiger partial charge < -0.3 is 15.2 Å². The van der Waals surface area contributed by atoms with Gasteiger partial charge in [-0.05, 0) is 6.92 Å². The molecule has 2 N–H and O–H groups in total. The van der Waals surface area contributed by atoms with Crippen molar-refractivity contribution in [3.63, 3.8) is 0 Å². The Hall–Kier alpha value is -2.51. The number of carbonyl (C=O) groups excluding carboxylic acids is 1. The smallest absolute Gasteiger partial charge is 0.271 e. The molecule has 8 nitrogen and oxygen atoms in total. The monoisotopic (exact) mass is 248 g/mol. The predicted octanol–water partition coefficient (Wildman–Crippen LogP) is 0.221. The summed E-state index contributed by atoms with van der Waals surface area (Å²) in [5.41, 5.74) is 0.233. The zero-order chi connectivity index (χ0) is 12.8. The van der Waals surface area contributed by atoms with E-state index in [0.29, 0.717) is 18.2 Å². The van der Waals surface area contributed by atoms with Gasteiger partial charge in [0.25, 0.3) is 5.91 Å². The van der Waals surface area contributed by atoms with E-state index >= 15 is 0 Å². The maximum Gasteiger partial charge on any atom is 0.271 e. The molecular weight excluding hydrogens is 236 g/mol. The van der Waals surface area contributed by atoms with E-state index in [4.69, 9.17) is 0 Å². The standard InChI is InChI=1S/C10H12N6O2/c1-2-12-8-4-11-3-7(15-8)10(17)13-5-9-14-6-18-16-9/h3-4,6H,2,5H2,1H3,(H,12,15)(H,13,17). The third kappa shape index (κ3) is 3.00. The van der Waals surface area contributed by atoms with Gasteiger partial charge >= 0.3 is 0 Å². The van der Waals surface area contributed by atoms with E-state index in [-0.39, 0.29) is 18.1 Å². The molecule has 94 valence electrons. The number of carbonyl (C=O) groups is 1.